The Bertz CT molecular complexity index is 1320. The molecule has 212 valence electrons. The normalized spacial score (nSPS) is 11.1. The maximum absolute atomic E-state index is 13.6. The largest absolute Gasteiger partial charge is 0.444 e. The zero-order chi connectivity index (χ0) is 29.3. The smallest absolute Gasteiger partial charge is 0.412 e. The van der Waals surface area contributed by atoms with Gasteiger partial charge >= 0.3 is 12.1 Å². The minimum atomic E-state index is -0.669. The van der Waals surface area contributed by atoms with Gasteiger partial charge in [-0.3, -0.25) is 15.1 Å². The summed E-state index contributed by atoms with van der Waals surface area (Å²) in [6.07, 6.45) is 0.781. The van der Waals surface area contributed by atoms with Crippen molar-refractivity contribution >= 4 is 35.1 Å². The number of rotatable bonds is 9. The van der Waals surface area contributed by atoms with Crippen LogP contribution in [0.1, 0.15) is 36.8 Å². The summed E-state index contributed by atoms with van der Waals surface area (Å²) >= 11 is 0. The van der Waals surface area contributed by atoms with Crippen molar-refractivity contribution in [2.75, 3.05) is 43.1 Å². The Morgan fingerprint density at radius 2 is 1.60 bits per heavy atom. The highest BCUT2D eigenvalue weighted by Crippen LogP contribution is 2.23. The highest BCUT2D eigenvalue weighted by Gasteiger charge is 2.19. The highest BCUT2D eigenvalue weighted by atomic mass is 19.1. The van der Waals surface area contributed by atoms with Gasteiger partial charge in [0, 0.05) is 25.0 Å². The van der Waals surface area contributed by atoms with Crippen LogP contribution >= 0.6 is 0 Å². The van der Waals surface area contributed by atoms with Crippen molar-refractivity contribution < 1.29 is 23.5 Å². The van der Waals surface area contributed by atoms with E-state index in [-0.39, 0.29) is 6.54 Å². The van der Waals surface area contributed by atoms with E-state index in [0.29, 0.717) is 41.4 Å². The van der Waals surface area contributed by atoms with Crippen molar-refractivity contribution in [1.29, 1.82) is 0 Å². The second kappa shape index (κ2) is 13.5. The number of hydrogen-bond donors (Lipinski definition) is 3. The Hall–Kier alpha value is -4.51. The molecule has 1 heterocycles. The van der Waals surface area contributed by atoms with E-state index in [0.717, 1.165) is 0 Å². The summed E-state index contributed by atoms with van der Waals surface area (Å²) in [7, 11) is 3.80. The maximum atomic E-state index is 13.6. The number of anilines is 3. The number of hydrogen-bond acceptors (Lipinski definition) is 6. The SMILES string of the molecule is CN(C)CCN(Cc1ccc(C(=O)Nc2ccccc2NC(=O)OC(C)(C)C)cn1)C(=O)Nc1cccc(F)c1. The molecule has 3 N–H and O–H groups in total. The summed E-state index contributed by atoms with van der Waals surface area (Å²) < 4.78 is 18.9. The predicted molar refractivity (Wildman–Crippen MR) is 153 cm³/mol. The molecule has 0 bridgehead atoms. The highest BCUT2D eigenvalue weighted by molar-refractivity contribution is 6.06. The van der Waals surface area contributed by atoms with Crippen LogP contribution in [0.4, 0.5) is 31.0 Å². The van der Waals surface area contributed by atoms with Gasteiger partial charge in [-0.05, 0) is 77.3 Å². The van der Waals surface area contributed by atoms with Crippen molar-refractivity contribution in [2.24, 2.45) is 0 Å². The molecule has 2 aromatic carbocycles. The maximum Gasteiger partial charge on any atom is 0.412 e. The fraction of sp³-hybridized carbons (Fsp3) is 0.310. The minimum Gasteiger partial charge on any atom is -0.444 e. The number of carbonyl (C=O) groups is 3. The number of nitrogens with zero attached hydrogens (tertiary/aromatic N) is 3. The van der Waals surface area contributed by atoms with E-state index in [1.165, 1.54) is 24.4 Å². The molecule has 3 rings (SSSR count). The Morgan fingerprint density at radius 1 is 0.900 bits per heavy atom. The first-order valence-corrected chi connectivity index (χ1v) is 12.7. The monoisotopic (exact) mass is 550 g/mol. The van der Waals surface area contributed by atoms with Crippen LogP contribution in [0.2, 0.25) is 0 Å². The molecule has 11 heteroatoms. The van der Waals surface area contributed by atoms with E-state index in [1.807, 2.05) is 19.0 Å². The molecule has 40 heavy (non-hydrogen) atoms. The number of carbonyl (C=O) groups excluding carboxylic acids is 3. The molecule has 0 radical (unpaired) electrons. The van der Waals surface area contributed by atoms with Crippen molar-refractivity contribution in [1.82, 2.24) is 14.8 Å². The third-order valence-electron chi connectivity index (χ3n) is 5.43. The second-order valence-electron chi connectivity index (χ2n) is 10.3. The summed E-state index contributed by atoms with van der Waals surface area (Å²) in [4.78, 5) is 46.0. The van der Waals surface area contributed by atoms with Gasteiger partial charge in [-0.25, -0.2) is 14.0 Å². The van der Waals surface area contributed by atoms with Gasteiger partial charge in [0.1, 0.15) is 11.4 Å². The van der Waals surface area contributed by atoms with Gasteiger partial charge in [-0.15, -0.1) is 0 Å². The number of likely N-dealkylation sites (N-methyl/N-ethyl adjacent to an activating group) is 1. The molecule has 0 unspecified atom stereocenters. The van der Waals surface area contributed by atoms with E-state index >= 15 is 0 Å². The van der Waals surface area contributed by atoms with Crippen molar-refractivity contribution in [3.8, 4) is 0 Å². The van der Waals surface area contributed by atoms with E-state index in [2.05, 4.69) is 20.9 Å². The van der Waals surface area contributed by atoms with E-state index in [1.54, 1.807) is 68.1 Å². The van der Waals surface area contributed by atoms with E-state index in [4.69, 9.17) is 4.74 Å². The number of benzene rings is 2. The lowest BCUT2D eigenvalue weighted by molar-refractivity contribution is 0.0635. The molecule has 0 aliphatic rings. The molecule has 0 saturated carbocycles. The van der Waals surface area contributed by atoms with Gasteiger partial charge in [0.25, 0.3) is 5.91 Å². The number of halogens is 1. The van der Waals surface area contributed by atoms with Crippen molar-refractivity contribution in [3.05, 3.63) is 83.9 Å². The van der Waals surface area contributed by atoms with Crippen LogP contribution in [0.25, 0.3) is 0 Å². The molecule has 3 aromatic rings. The first-order valence-electron chi connectivity index (χ1n) is 12.7. The lowest BCUT2D eigenvalue weighted by Crippen LogP contribution is -2.39. The minimum absolute atomic E-state index is 0.180. The Morgan fingerprint density at radius 3 is 2.20 bits per heavy atom. The summed E-state index contributed by atoms with van der Waals surface area (Å²) in [6, 6.07) is 15.3. The van der Waals surface area contributed by atoms with Crippen LogP contribution in [0.15, 0.2) is 66.9 Å². The number of nitrogens with one attached hydrogen (secondary N) is 3. The standard InChI is InChI=1S/C29H35FN6O4/c1-29(2,3)40-28(39)34-25-12-7-6-11-24(25)33-26(37)20-13-14-23(31-18-20)19-36(16-15-35(4)5)27(38)32-22-10-8-9-21(30)17-22/h6-14,17-18H,15-16,19H2,1-5H3,(H,32,38)(H,33,37)(H,34,39). The molecule has 0 spiro atoms. The quantitative estimate of drug-likeness (QED) is 0.328. The zero-order valence-electron chi connectivity index (χ0n) is 23.3. The number of urea groups is 1. The number of amides is 4. The third kappa shape index (κ3) is 9.66. The van der Waals surface area contributed by atoms with Crippen LogP contribution in [0.3, 0.4) is 0 Å². The zero-order valence-corrected chi connectivity index (χ0v) is 23.3. The Labute approximate surface area is 233 Å². The Balaban J connectivity index is 1.67. The van der Waals surface area contributed by atoms with Gasteiger partial charge in [0.15, 0.2) is 0 Å². The van der Waals surface area contributed by atoms with Crippen LogP contribution in [0.5, 0.6) is 0 Å². The lowest BCUT2D eigenvalue weighted by Gasteiger charge is -2.24. The third-order valence-corrected chi connectivity index (χ3v) is 5.43. The number of ether oxygens (including phenoxy) is 1. The molecule has 0 saturated heterocycles. The topological polar surface area (TPSA) is 116 Å². The fourth-order valence-corrected chi connectivity index (χ4v) is 3.50. The Kier molecular flexibility index (Phi) is 10.2. The van der Waals surface area contributed by atoms with Gasteiger partial charge in [0.2, 0.25) is 0 Å². The second-order valence-corrected chi connectivity index (χ2v) is 10.3. The first kappa shape index (κ1) is 30.0. The molecule has 4 amide bonds. The van der Waals surface area contributed by atoms with Crippen molar-refractivity contribution in [2.45, 2.75) is 32.9 Å². The van der Waals surface area contributed by atoms with E-state index in [9.17, 15) is 18.8 Å². The number of aromatic nitrogens is 1. The molecule has 0 aliphatic heterocycles. The molecule has 0 fully saturated rings. The summed E-state index contributed by atoms with van der Waals surface area (Å²) in [6.45, 7) is 6.46. The van der Waals surface area contributed by atoms with Gasteiger partial charge in [-0.1, -0.05) is 18.2 Å². The summed E-state index contributed by atoms with van der Waals surface area (Å²) in [5.41, 5.74) is 1.32. The van der Waals surface area contributed by atoms with Crippen LogP contribution < -0.4 is 16.0 Å². The number of para-hydroxylation sites is 2. The van der Waals surface area contributed by atoms with Gasteiger partial charge < -0.3 is 25.2 Å². The average molecular weight is 551 g/mol. The molecule has 0 aliphatic carbocycles. The lowest BCUT2D eigenvalue weighted by atomic mass is 10.2. The van der Waals surface area contributed by atoms with Crippen LogP contribution in [-0.2, 0) is 11.3 Å². The van der Waals surface area contributed by atoms with Crippen LogP contribution in [0, 0.1) is 5.82 Å². The summed E-state index contributed by atoms with van der Waals surface area (Å²) in [5.74, 6) is -0.873. The van der Waals surface area contributed by atoms with Gasteiger partial charge in [0.05, 0.1) is 29.2 Å². The average Bonchev–Trinajstić information content (AvgIpc) is 2.86. The molecule has 10 nitrogen and oxygen atoms in total. The van der Waals surface area contributed by atoms with E-state index < -0.39 is 29.4 Å². The summed E-state index contributed by atoms with van der Waals surface area (Å²) in [5, 5.41) is 8.14. The fourth-order valence-electron chi connectivity index (χ4n) is 3.50. The molecule has 0 atom stereocenters. The first-order chi connectivity index (χ1) is 18.9. The molecular formula is C29H35FN6O4. The van der Waals surface area contributed by atoms with Gasteiger partial charge in [-0.2, -0.15) is 0 Å². The number of pyridine rings is 1. The molecule has 1 aromatic heterocycles. The van der Waals surface area contributed by atoms with Crippen LogP contribution in [-0.4, -0.2) is 65.6 Å². The molecular weight excluding hydrogens is 515 g/mol. The van der Waals surface area contributed by atoms with Crippen molar-refractivity contribution in [3.63, 3.8) is 0 Å². The predicted octanol–water partition coefficient (Wildman–Crippen LogP) is 5.42.